The Hall–Kier alpha value is -0.860. The van der Waals surface area contributed by atoms with Crippen LogP contribution >= 0.6 is 0 Å². The van der Waals surface area contributed by atoms with Crippen LogP contribution in [0.5, 0.6) is 0 Å². The Kier molecular flexibility index (Phi) is 2.57. The van der Waals surface area contributed by atoms with Gasteiger partial charge in [-0.2, -0.15) is 0 Å². The Morgan fingerprint density at radius 2 is 2.13 bits per heavy atom. The van der Waals surface area contributed by atoms with Crippen LogP contribution in [0.4, 0.5) is 0 Å². The van der Waals surface area contributed by atoms with Crippen LogP contribution in [-0.4, -0.2) is 14.8 Å². The van der Waals surface area contributed by atoms with E-state index in [4.69, 9.17) is 0 Å². The molecule has 15 heavy (non-hydrogen) atoms. The first-order chi connectivity index (χ1) is 6.98. The molecule has 0 spiro atoms. The van der Waals surface area contributed by atoms with E-state index in [1.807, 2.05) is 6.33 Å². The largest absolute Gasteiger partial charge is 0.314 e. The molecule has 1 aliphatic carbocycles. The summed E-state index contributed by atoms with van der Waals surface area (Å²) in [5.74, 6) is 1.80. The monoisotopic (exact) mass is 207 g/mol. The highest BCUT2D eigenvalue weighted by molar-refractivity contribution is 4.96. The van der Waals surface area contributed by atoms with E-state index < -0.39 is 0 Å². The van der Waals surface area contributed by atoms with Crippen molar-refractivity contribution in [3.8, 4) is 0 Å². The molecule has 0 aromatic carbocycles. The summed E-state index contributed by atoms with van der Waals surface area (Å²) < 4.78 is 2.27. The third kappa shape index (κ3) is 2.39. The summed E-state index contributed by atoms with van der Waals surface area (Å²) in [7, 11) is 0. The molecule has 0 aliphatic heterocycles. The molecule has 0 saturated heterocycles. The third-order valence-corrected chi connectivity index (χ3v) is 3.55. The van der Waals surface area contributed by atoms with Gasteiger partial charge in [-0.3, -0.25) is 0 Å². The van der Waals surface area contributed by atoms with E-state index in [-0.39, 0.29) is 0 Å². The van der Waals surface area contributed by atoms with Crippen LogP contribution in [-0.2, 0) is 6.42 Å². The summed E-state index contributed by atoms with van der Waals surface area (Å²) in [6.07, 6.45) is 5.53. The molecular formula is C12H21N3. The van der Waals surface area contributed by atoms with E-state index in [9.17, 15) is 0 Å². The fraction of sp³-hybridized carbons (Fsp3) is 0.833. The first-order valence-electron chi connectivity index (χ1n) is 5.87. The minimum atomic E-state index is 0.348. The topological polar surface area (TPSA) is 30.7 Å². The molecule has 1 saturated carbocycles. The number of hydrogen-bond donors (Lipinski definition) is 0. The molecule has 0 radical (unpaired) electrons. The maximum Gasteiger partial charge on any atom is 0.133 e. The van der Waals surface area contributed by atoms with Gasteiger partial charge in [-0.1, -0.05) is 27.7 Å². The van der Waals surface area contributed by atoms with Gasteiger partial charge >= 0.3 is 0 Å². The zero-order valence-electron chi connectivity index (χ0n) is 10.2. The molecular weight excluding hydrogens is 186 g/mol. The summed E-state index contributed by atoms with van der Waals surface area (Å²) in [5.41, 5.74) is 0.348. The van der Waals surface area contributed by atoms with Crippen LogP contribution < -0.4 is 0 Å². The Bertz CT molecular complexity index is 331. The van der Waals surface area contributed by atoms with Gasteiger partial charge in [0.2, 0.25) is 0 Å². The lowest BCUT2D eigenvalue weighted by atomic mass is 9.80. The highest BCUT2D eigenvalue weighted by Gasteiger charge is 2.28. The number of rotatable bonds is 3. The Morgan fingerprint density at radius 3 is 2.67 bits per heavy atom. The zero-order chi connectivity index (χ0) is 11.1. The molecule has 0 bridgehead atoms. The molecule has 1 unspecified atom stereocenters. The lowest BCUT2D eigenvalue weighted by Crippen LogP contribution is -2.21. The Morgan fingerprint density at radius 1 is 1.47 bits per heavy atom. The first kappa shape index (κ1) is 10.7. The second-order valence-electron chi connectivity index (χ2n) is 5.86. The van der Waals surface area contributed by atoms with E-state index in [2.05, 4.69) is 42.5 Å². The predicted octanol–water partition coefficient (Wildman–Crippen LogP) is 2.84. The van der Waals surface area contributed by atoms with Gasteiger partial charge in [-0.25, -0.2) is 0 Å². The lowest BCUT2D eigenvalue weighted by molar-refractivity contribution is 0.254. The van der Waals surface area contributed by atoms with Crippen LogP contribution in [0, 0.1) is 11.3 Å². The fourth-order valence-corrected chi connectivity index (χ4v) is 1.65. The molecule has 3 nitrogen and oxygen atoms in total. The molecule has 3 heteroatoms. The van der Waals surface area contributed by atoms with Gasteiger partial charge in [-0.05, 0) is 24.2 Å². The predicted molar refractivity (Wildman–Crippen MR) is 60.6 cm³/mol. The fourth-order valence-electron chi connectivity index (χ4n) is 1.65. The number of hydrogen-bond acceptors (Lipinski definition) is 2. The van der Waals surface area contributed by atoms with Gasteiger partial charge in [0.15, 0.2) is 0 Å². The molecule has 0 N–H and O–H groups in total. The standard InChI is InChI=1S/C12H21N3/c1-9(12(2,3)4)7-11-14-13-8-15(11)10-5-6-10/h8-10H,5-7H2,1-4H3. The first-order valence-corrected chi connectivity index (χ1v) is 5.87. The normalized spacial score (nSPS) is 19.2. The summed E-state index contributed by atoms with van der Waals surface area (Å²) >= 11 is 0. The molecule has 2 rings (SSSR count). The minimum absolute atomic E-state index is 0.348. The lowest BCUT2D eigenvalue weighted by Gasteiger charge is -2.26. The van der Waals surface area contributed by atoms with Crippen LogP contribution in [0.1, 0.15) is 52.4 Å². The van der Waals surface area contributed by atoms with Crippen molar-refractivity contribution in [2.75, 3.05) is 0 Å². The minimum Gasteiger partial charge on any atom is -0.314 e. The van der Waals surface area contributed by atoms with Crippen molar-refractivity contribution in [2.24, 2.45) is 11.3 Å². The molecule has 1 atom stereocenters. The molecule has 1 aromatic heterocycles. The highest BCUT2D eigenvalue weighted by atomic mass is 15.3. The zero-order valence-corrected chi connectivity index (χ0v) is 10.2. The van der Waals surface area contributed by atoms with Crippen molar-refractivity contribution in [2.45, 2.75) is 53.0 Å². The summed E-state index contributed by atoms with van der Waals surface area (Å²) in [6, 6.07) is 0.696. The SMILES string of the molecule is CC(Cc1nncn1C1CC1)C(C)(C)C. The molecule has 0 amide bonds. The van der Waals surface area contributed by atoms with E-state index in [0.717, 1.165) is 6.42 Å². The van der Waals surface area contributed by atoms with E-state index >= 15 is 0 Å². The molecule has 1 aliphatic rings. The van der Waals surface area contributed by atoms with E-state index in [1.165, 1.54) is 18.7 Å². The van der Waals surface area contributed by atoms with Crippen LogP contribution in [0.2, 0.25) is 0 Å². The smallest absolute Gasteiger partial charge is 0.133 e. The molecule has 1 fully saturated rings. The van der Waals surface area contributed by atoms with Gasteiger partial charge in [0.05, 0.1) is 0 Å². The number of aromatic nitrogens is 3. The third-order valence-electron chi connectivity index (χ3n) is 3.55. The Labute approximate surface area is 91.9 Å². The van der Waals surface area contributed by atoms with Crippen molar-refractivity contribution < 1.29 is 0 Å². The highest BCUT2D eigenvalue weighted by Crippen LogP contribution is 2.36. The average Bonchev–Trinajstić information content (AvgIpc) is 2.86. The van der Waals surface area contributed by atoms with Gasteiger partial charge in [0.1, 0.15) is 12.2 Å². The second-order valence-corrected chi connectivity index (χ2v) is 5.86. The number of nitrogens with zero attached hydrogens (tertiary/aromatic N) is 3. The van der Waals surface area contributed by atoms with E-state index in [0.29, 0.717) is 17.4 Å². The Balaban J connectivity index is 2.07. The van der Waals surface area contributed by atoms with Crippen LogP contribution in [0.25, 0.3) is 0 Å². The quantitative estimate of drug-likeness (QED) is 0.763. The maximum atomic E-state index is 4.24. The van der Waals surface area contributed by atoms with Crippen molar-refractivity contribution in [3.63, 3.8) is 0 Å². The molecule has 1 heterocycles. The van der Waals surface area contributed by atoms with Crippen LogP contribution in [0.15, 0.2) is 6.33 Å². The molecule has 84 valence electrons. The van der Waals surface area contributed by atoms with Gasteiger partial charge in [0, 0.05) is 12.5 Å². The van der Waals surface area contributed by atoms with Gasteiger partial charge < -0.3 is 4.57 Å². The van der Waals surface area contributed by atoms with Gasteiger partial charge in [-0.15, -0.1) is 10.2 Å². The summed E-state index contributed by atoms with van der Waals surface area (Å²) in [4.78, 5) is 0. The van der Waals surface area contributed by atoms with Crippen molar-refractivity contribution in [1.29, 1.82) is 0 Å². The van der Waals surface area contributed by atoms with Crippen molar-refractivity contribution in [3.05, 3.63) is 12.2 Å². The average molecular weight is 207 g/mol. The second kappa shape index (κ2) is 3.62. The molecule has 1 aromatic rings. The van der Waals surface area contributed by atoms with Crippen molar-refractivity contribution in [1.82, 2.24) is 14.8 Å². The summed E-state index contributed by atoms with van der Waals surface area (Å²) in [6.45, 7) is 9.16. The van der Waals surface area contributed by atoms with Crippen LogP contribution in [0.3, 0.4) is 0 Å². The van der Waals surface area contributed by atoms with Gasteiger partial charge in [0.25, 0.3) is 0 Å². The van der Waals surface area contributed by atoms with E-state index in [1.54, 1.807) is 0 Å². The van der Waals surface area contributed by atoms with Crippen molar-refractivity contribution >= 4 is 0 Å². The maximum absolute atomic E-state index is 4.24. The summed E-state index contributed by atoms with van der Waals surface area (Å²) in [5, 5.41) is 8.28.